The summed E-state index contributed by atoms with van der Waals surface area (Å²) in [5, 5.41) is 15.2. The van der Waals surface area contributed by atoms with E-state index in [4.69, 9.17) is 0 Å². The average Bonchev–Trinajstić information content (AvgIpc) is 2.59. The Hall–Kier alpha value is -3.41. The van der Waals surface area contributed by atoms with Gasteiger partial charge in [0, 0.05) is 29.8 Å². The van der Waals surface area contributed by atoms with Gasteiger partial charge in [-0.3, -0.25) is 9.78 Å². The maximum absolute atomic E-state index is 12.2. The zero-order valence-corrected chi connectivity index (χ0v) is 12.1. The van der Waals surface area contributed by atoms with Gasteiger partial charge in [0.25, 0.3) is 5.91 Å². The second-order valence-corrected chi connectivity index (χ2v) is 4.76. The number of carbonyl (C=O) groups is 1. The first-order valence-corrected chi connectivity index (χ1v) is 6.95. The largest absolute Gasteiger partial charge is 0.508 e. The molecule has 0 aliphatic rings. The van der Waals surface area contributed by atoms with Gasteiger partial charge in [-0.1, -0.05) is 0 Å². The van der Waals surface area contributed by atoms with Crippen molar-refractivity contribution in [2.24, 2.45) is 0 Å². The Morgan fingerprint density at radius 2 is 1.70 bits per heavy atom. The van der Waals surface area contributed by atoms with Crippen molar-refractivity contribution in [3.05, 3.63) is 72.7 Å². The van der Waals surface area contributed by atoms with Crippen LogP contribution in [0.2, 0.25) is 0 Å². The third-order valence-electron chi connectivity index (χ3n) is 3.13. The molecule has 2 heterocycles. The van der Waals surface area contributed by atoms with E-state index in [1.165, 1.54) is 0 Å². The van der Waals surface area contributed by atoms with E-state index in [0.717, 1.165) is 5.69 Å². The molecule has 3 aromatic rings. The van der Waals surface area contributed by atoms with Crippen molar-refractivity contribution in [3.63, 3.8) is 0 Å². The molecule has 0 fully saturated rings. The van der Waals surface area contributed by atoms with Gasteiger partial charge in [-0.25, -0.2) is 4.98 Å². The van der Waals surface area contributed by atoms with Gasteiger partial charge in [0.2, 0.25) is 0 Å². The molecule has 6 heteroatoms. The summed E-state index contributed by atoms with van der Waals surface area (Å²) in [6.45, 7) is 0. The van der Waals surface area contributed by atoms with Crippen molar-refractivity contribution in [3.8, 4) is 5.75 Å². The monoisotopic (exact) mass is 306 g/mol. The van der Waals surface area contributed by atoms with Gasteiger partial charge < -0.3 is 15.7 Å². The molecule has 0 spiro atoms. The Balaban J connectivity index is 1.80. The Morgan fingerprint density at radius 3 is 2.43 bits per heavy atom. The number of phenolic OH excluding ortho intramolecular Hbond substituents is 1. The van der Waals surface area contributed by atoms with Crippen LogP contribution in [0.5, 0.6) is 5.75 Å². The van der Waals surface area contributed by atoms with Crippen LogP contribution in [-0.2, 0) is 0 Å². The van der Waals surface area contributed by atoms with Crippen LogP contribution in [0.4, 0.5) is 17.2 Å². The molecule has 1 amide bonds. The highest BCUT2D eigenvalue weighted by molar-refractivity contribution is 6.05. The number of phenols is 1. The van der Waals surface area contributed by atoms with Crippen LogP contribution in [0, 0.1) is 0 Å². The molecule has 114 valence electrons. The Labute approximate surface area is 132 Å². The van der Waals surface area contributed by atoms with Crippen molar-refractivity contribution >= 4 is 23.1 Å². The predicted molar refractivity (Wildman–Crippen MR) is 87.8 cm³/mol. The Morgan fingerprint density at radius 1 is 0.957 bits per heavy atom. The first-order chi connectivity index (χ1) is 11.2. The van der Waals surface area contributed by atoms with Gasteiger partial charge in [-0.05, 0) is 48.5 Å². The van der Waals surface area contributed by atoms with Crippen LogP contribution in [0.3, 0.4) is 0 Å². The number of benzene rings is 1. The fraction of sp³-hybridized carbons (Fsp3) is 0. The number of nitrogens with one attached hydrogen (secondary N) is 2. The zero-order valence-electron chi connectivity index (χ0n) is 12.1. The lowest BCUT2D eigenvalue weighted by Crippen LogP contribution is -2.13. The molecule has 0 radical (unpaired) electrons. The summed E-state index contributed by atoms with van der Waals surface area (Å²) in [6, 6.07) is 13.4. The average molecular weight is 306 g/mol. The van der Waals surface area contributed by atoms with Gasteiger partial charge in [0.05, 0.1) is 5.69 Å². The van der Waals surface area contributed by atoms with E-state index in [1.807, 2.05) is 0 Å². The number of anilines is 3. The Kier molecular flexibility index (Phi) is 4.15. The quantitative estimate of drug-likeness (QED) is 0.644. The van der Waals surface area contributed by atoms with Crippen LogP contribution >= 0.6 is 0 Å². The summed E-state index contributed by atoms with van der Waals surface area (Å²) in [6.07, 6.45) is 4.76. The summed E-state index contributed by atoms with van der Waals surface area (Å²) in [7, 11) is 0. The molecule has 3 rings (SSSR count). The van der Waals surface area contributed by atoms with E-state index in [-0.39, 0.29) is 11.7 Å². The van der Waals surface area contributed by atoms with Crippen molar-refractivity contribution in [1.29, 1.82) is 0 Å². The van der Waals surface area contributed by atoms with Gasteiger partial charge in [-0.15, -0.1) is 0 Å². The van der Waals surface area contributed by atoms with Crippen molar-refractivity contribution in [2.75, 3.05) is 10.6 Å². The second-order valence-electron chi connectivity index (χ2n) is 4.76. The van der Waals surface area contributed by atoms with E-state index in [9.17, 15) is 9.90 Å². The van der Waals surface area contributed by atoms with Crippen molar-refractivity contribution in [2.45, 2.75) is 0 Å². The van der Waals surface area contributed by atoms with E-state index in [0.29, 0.717) is 17.1 Å². The minimum absolute atomic E-state index is 0.183. The maximum atomic E-state index is 12.2. The Bertz CT molecular complexity index is 804. The third-order valence-corrected chi connectivity index (χ3v) is 3.13. The second kappa shape index (κ2) is 6.57. The van der Waals surface area contributed by atoms with E-state index < -0.39 is 0 Å². The minimum atomic E-state index is -0.242. The van der Waals surface area contributed by atoms with Gasteiger partial charge >= 0.3 is 0 Å². The highest BCUT2D eigenvalue weighted by Crippen LogP contribution is 2.24. The third kappa shape index (κ3) is 3.62. The lowest BCUT2D eigenvalue weighted by molar-refractivity contribution is 0.102. The summed E-state index contributed by atoms with van der Waals surface area (Å²) >= 11 is 0. The number of aromatic nitrogens is 2. The van der Waals surface area contributed by atoms with Gasteiger partial charge in [0.15, 0.2) is 5.82 Å². The topological polar surface area (TPSA) is 87.1 Å². The molecule has 1 aromatic carbocycles. The number of rotatable bonds is 4. The lowest BCUT2D eigenvalue weighted by Gasteiger charge is -2.12. The normalized spacial score (nSPS) is 10.1. The van der Waals surface area contributed by atoms with Crippen LogP contribution in [0.15, 0.2) is 67.1 Å². The minimum Gasteiger partial charge on any atom is -0.508 e. The molecule has 0 aliphatic carbocycles. The first kappa shape index (κ1) is 14.5. The summed E-state index contributed by atoms with van der Waals surface area (Å²) < 4.78 is 0. The van der Waals surface area contributed by atoms with Gasteiger partial charge in [-0.2, -0.15) is 0 Å². The fourth-order valence-corrected chi connectivity index (χ4v) is 1.99. The molecule has 0 atom stereocenters. The van der Waals surface area contributed by atoms with Crippen LogP contribution in [0.1, 0.15) is 10.4 Å². The van der Waals surface area contributed by atoms with Gasteiger partial charge in [0.1, 0.15) is 5.75 Å². The number of amides is 1. The molecular weight excluding hydrogens is 292 g/mol. The first-order valence-electron chi connectivity index (χ1n) is 6.95. The standard InChI is InChI=1S/C17H14N4O2/c22-14-5-3-13(4-6-14)20-16-15(2-1-9-19-16)21-17(23)12-7-10-18-11-8-12/h1-11,22H,(H,19,20)(H,21,23). The zero-order chi connectivity index (χ0) is 16.1. The fourth-order valence-electron chi connectivity index (χ4n) is 1.99. The van der Waals surface area contributed by atoms with Crippen LogP contribution in [-0.4, -0.2) is 21.0 Å². The van der Waals surface area contributed by atoms with E-state index in [1.54, 1.807) is 67.1 Å². The number of hydrogen-bond donors (Lipinski definition) is 3. The molecule has 23 heavy (non-hydrogen) atoms. The summed E-state index contributed by atoms with van der Waals surface area (Å²) in [5.41, 5.74) is 1.82. The summed E-state index contributed by atoms with van der Waals surface area (Å²) in [4.78, 5) is 20.4. The van der Waals surface area contributed by atoms with Crippen LogP contribution in [0.25, 0.3) is 0 Å². The molecule has 0 saturated carbocycles. The molecule has 2 aromatic heterocycles. The number of pyridine rings is 2. The highest BCUT2D eigenvalue weighted by atomic mass is 16.3. The number of carbonyl (C=O) groups excluding carboxylic acids is 1. The number of hydrogen-bond acceptors (Lipinski definition) is 5. The molecule has 3 N–H and O–H groups in total. The van der Waals surface area contributed by atoms with Crippen LogP contribution < -0.4 is 10.6 Å². The highest BCUT2D eigenvalue weighted by Gasteiger charge is 2.09. The lowest BCUT2D eigenvalue weighted by atomic mass is 10.2. The van der Waals surface area contributed by atoms with E-state index in [2.05, 4.69) is 20.6 Å². The molecule has 0 saturated heterocycles. The maximum Gasteiger partial charge on any atom is 0.255 e. The molecular formula is C17H14N4O2. The SMILES string of the molecule is O=C(Nc1cccnc1Nc1ccc(O)cc1)c1ccncc1. The molecule has 0 unspecified atom stereocenters. The molecule has 6 nitrogen and oxygen atoms in total. The summed E-state index contributed by atoms with van der Waals surface area (Å²) in [5.74, 6) is 0.456. The van der Waals surface area contributed by atoms with E-state index >= 15 is 0 Å². The molecule has 0 aliphatic heterocycles. The predicted octanol–water partition coefficient (Wildman–Crippen LogP) is 3.18. The molecule has 0 bridgehead atoms. The smallest absolute Gasteiger partial charge is 0.255 e. The number of nitrogens with zero attached hydrogens (tertiary/aromatic N) is 2. The van der Waals surface area contributed by atoms with Crippen molar-refractivity contribution in [1.82, 2.24) is 9.97 Å². The van der Waals surface area contributed by atoms with Crippen molar-refractivity contribution < 1.29 is 9.90 Å². The number of aromatic hydroxyl groups is 1.